The lowest BCUT2D eigenvalue weighted by Crippen LogP contribution is -2.18. The highest BCUT2D eigenvalue weighted by Crippen LogP contribution is 2.38. The fourth-order valence-electron chi connectivity index (χ4n) is 3.70. The van der Waals surface area contributed by atoms with Crippen molar-refractivity contribution >= 4 is 11.6 Å². The highest BCUT2D eigenvalue weighted by atomic mass is 16.2. The fraction of sp³-hybridized carbons (Fsp3) is 0.429. The molecule has 0 heterocycles. The Morgan fingerprint density at radius 1 is 1.17 bits per heavy atom. The van der Waals surface area contributed by atoms with Crippen LogP contribution < -0.4 is 0 Å². The zero-order chi connectivity index (χ0) is 17.1. The monoisotopic (exact) mass is 310 g/mol. The summed E-state index contributed by atoms with van der Waals surface area (Å²) in [5.41, 5.74) is 5.35. The molecule has 1 fully saturated rings. The highest BCUT2D eigenvalue weighted by Gasteiger charge is 2.42. The fourth-order valence-corrected chi connectivity index (χ4v) is 3.70. The lowest BCUT2D eigenvalue weighted by Gasteiger charge is -2.16. The van der Waals surface area contributed by atoms with Gasteiger partial charge in [-0.05, 0) is 57.7 Å². The lowest BCUT2D eigenvalue weighted by molar-refractivity contribution is -0.124. The van der Waals surface area contributed by atoms with Gasteiger partial charge in [-0.2, -0.15) is 0 Å². The number of carbonyl (C=O) groups is 2. The molecular weight excluding hydrogens is 284 g/mol. The molecule has 2 unspecified atom stereocenters. The van der Waals surface area contributed by atoms with Crippen LogP contribution in [-0.4, -0.2) is 11.6 Å². The predicted molar refractivity (Wildman–Crippen MR) is 94.7 cm³/mol. The first-order chi connectivity index (χ1) is 10.8. The van der Waals surface area contributed by atoms with E-state index in [-0.39, 0.29) is 17.5 Å². The first-order valence-corrected chi connectivity index (χ1v) is 8.27. The number of ketones is 2. The Kier molecular flexibility index (Phi) is 5.35. The molecule has 0 spiro atoms. The van der Waals surface area contributed by atoms with E-state index in [1.54, 1.807) is 0 Å². The van der Waals surface area contributed by atoms with Crippen LogP contribution in [0.4, 0.5) is 0 Å². The molecule has 2 atom stereocenters. The molecule has 0 bridgehead atoms. The lowest BCUT2D eigenvalue weighted by atomic mass is 9.86. The van der Waals surface area contributed by atoms with Crippen molar-refractivity contribution < 1.29 is 9.59 Å². The summed E-state index contributed by atoms with van der Waals surface area (Å²) in [7, 11) is 0. The quantitative estimate of drug-likeness (QED) is 0.593. The highest BCUT2D eigenvalue weighted by molar-refractivity contribution is 6.15. The standard InChI is InChI=1S/C21H26O2/c1-6-7-8-13(2)11-17-12-18(22)20(21(17)23)19-15(4)9-14(3)10-16(19)5/h6-10,17,20H,11-12H2,1-5H3. The molecule has 0 radical (unpaired) electrons. The number of hydrogen-bond donors (Lipinski definition) is 0. The average molecular weight is 310 g/mol. The third kappa shape index (κ3) is 3.69. The molecule has 2 nitrogen and oxygen atoms in total. The van der Waals surface area contributed by atoms with Gasteiger partial charge in [0.05, 0.1) is 0 Å². The minimum Gasteiger partial charge on any atom is -0.298 e. The van der Waals surface area contributed by atoms with Gasteiger partial charge in [-0.1, -0.05) is 41.5 Å². The molecule has 0 amide bonds. The molecule has 23 heavy (non-hydrogen) atoms. The first kappa shape index (κ1) is 17.4. The largest absolute Gasteiger partial charge is 0.298 e. The number of allylic oxidation sites excluding steroid dienone is 4. The second kappa shape index (κ2) is 7.08. The number of hydrogen-bond acceptors (Lipinski definition) is 2. The van der Waals surface area contributed by atoms with Crippen LogP contribution in [0.15, 0.2) is 35.9 Å². The van der Waals surface area contributed by atoms with Crippen molar-refractivity contribution in [2.45, 2.75) is 53.4 Å². The van der Waals surface area contributed by atoms with Crippen molar-refractivity contribution in [3.8, 4) is 0 Å². The van der Waals surface area contributed by atoms with Crippen LogP contribution in [0, 0.1) is 26.7 Å². The van der Waals surface area contributed by atoms with Gasteiger partial charge in [-0.3, -0.25) is 9.59 Å². The summed E-state index contributed by atoms with van der Waals surface area (Å²) in [6.07, 6.45) is 7.01. The van der Waals surface area contributed by atoms with E-state index < -0.39 is 5.92 Å². The second-order valence-electron chi connectivity index (χ2n) is 6.76. The molecule has 0 aliphatic heterocycles. The number of aryl methyl sites for hydroxylation is 3. The SMILES string of the molecule is CC=CC=C(C)CC1CC(=O)C(c2c(C)cc(C)cc2C)C1=O. The van der Waals surface area contributed by atoms with E-state index in [1.807, 2.05) is 52.8 Å². The van der Waals surface area contributed by atoms with Gasteiger partial charge in [0.1, 0.15) is 11.7 Å². The van der Waals surface area contributed by atoms with Crippen molar-refractivity contribution in [2.75, 3.05) is 0 Å². The molecule has 1 aromatic rings. The molecular formula is C21H26O2. The Bertz CT molecular complexity index is 669. The smallest absolute Gasteiger partial charge is 0.151 e. The van der Waals surface area contributed by atoms with Crippen LogP contribution in [-0.2, 0) is 9.59 Å². The minimum atomic E-state index is -0.560. The molecule has 1 aromatic carbocycles. The number of Topliss-reactive ketones (excluding diaryl/α,β-unsaturated/α-hetero) is 2. The van der Waals surface area contributed by atoms with E-state index in [2.05, 4.69) is 12.1 Å². The molecule has 0 N–H and O–H groups in total. The summed E-state index contributed by atoms with van der Waals surface area (Å²) >= 11 is 0. The van der Waals surface area contributed by atoms with Gasteiger partial charge in [-0.15, -0.1) is 0 Å². The number of rotatable bonds is 4. The van der Waals surface area contributed by atoms with Gasteiger partial charge in [-0.25, -0.2) is 0 Å². The molecule has 122 valence electrons. The molecule has 2 rings (SSSR count). The maximum atomic E-state index is 12.8. The van der Waals surface area contributed by atoms with Gasteiger partial charge >= 0.3 is 0 Å². The predicted octanol–water partition coefficient (Wildman–Crippen LogP) is 4.77. The van der Waals surface area contributed by atoms with E-state index in [9.17, 15) is 9.59 Å². The molecule has 1 aliphatic rings. The zero-order valence-corrected chi connectivity index (χ0v) is 14.8. The van der Waals surface area contributed by atoms with Gasteiger partial charge < -0.3 is 0 Å². The topological polar surface area (TPSA) is 34.1 Å². The maximum Gasteiger partial charge on any atom is 0.151 e. The Morgan fingerprint density at radius 2 is 1.78 bits per heavy atom. The molecule has 2 heteroatoms. The van der Waals surface area contributed by atoms with Crippen molar-refractivity contribution in [1.82, 2.24) is 0 Å². The Morgan fingerprint density at radius 3 is 2.35 bits per heavy atom. The van der Waals surface area contributed by atoms with Crippen molar-refractivity contribution in [3.05, 3.63) is 58.2 Å². The molecule has 1 aliphatic carbocycles. The maximum absolute atomic E-state index is 12.8. The van der Waals surface area contributed by atoms with Crippen molar-refractivity contribution in [2.24, 2.45) is 5.92 Å². The minimum absolute atomic E-state index is 0.0777. The first-order valence-electron chi connectivity index (χ1n) is 8.27. The van der Waals surface area contributed by atoms with Crippen LogP contribution in [0.3, 0.4) is 0 Å². The van der Waals surface area contributed by atoms with E-state index in [1.165, 1.54) is 5.56 Å². The van der Waals surface area contributed by atoms with Gasteiger partial charge in [0, 0.05) is 12.3 Å². The van der Waals surface area contributed by atoms with Crippen LogP contribution >= 0.6 is 0 Å². The number of benzene rings is 1. The summed E-state index contributed by atoms with van der Waals surface area (Å²) in [5, 5.41) is 0. The molecule has 1 saturated carbocycles. The van der Waals surface area contributed by atoms with E-state index in [0.717, 1.165) is 22.3 Å². The van der Waals surface area contributed by atoms with Crippen molar-refractivity contribution in [3.63, 3.8) is 0 Å². The summed E-state index contributed by atoms with van der Waals surface area (Å²) < 4.78 is 0. The molecule has 0 saturated heterocycles. The van der Waals surface area contributed by atoms with Crippen LogP contribution in [0.1, 0.15) is 54.9 Å². The normalized spacial score (nSPS) is 22.4. The van der Waals surface area contributed by atoms with Gasteiger partial charge in [0.15, 0.2) is 5.78 Å². The Balaban J connectivity index is 2.29. The Labute approximate surface area is 139 Å². The number of carbonyl (C=O) groups excluding carboxylic acids is 2. The van der Waals surface area contributed by atoms with Crippen LogP contribution in [0.25, 0.3) is 0 Å². The van der Waals surface area contributed by atoms with E-state index in [0.29, 0.717) is 12.8 Å². The van der Waals surface area contributed by atoms with Gasteiger partial charge in [0.2, 0.25) is 0 Å². The van der Waals surface area contributed by atoms with Gasteiger partial charge in [0.25, 0.3) is 0 Å². The van der Waals surface area contributed by atoms with Crippen LogP contribution in [0.2, 0.25) is 0 Å². The third-order valence-electron chi connectivity index (χ3n) is 4.62. The summed E-state index contributed by atoms with van der Waals surface area (Å²) in [4.78, 5) is 25.4. The molecule has 0 aromatic heterocycles. The summed E-state index contributed by atoms with van der Waals surface area (Å²) in [5.74, 6) is -0.559. The van der Waals surface area contributed by atoms with Crippen molar-refractivity contribution in [1.29, 1.82) is 0 Å². The Hall–Kier alpha value is -1.96. The van der Waals surface area contributed by atoms with E-state index in [4.69, 9.17) is 0 Å². The van der Waals surface area contributed by atoms with E-state index >= 15 is 0 Å². The zero-order valence-electron chi connectivity index (χ0n) is 14.8. The van der Waals surface area contributed by atoms with Crippen LogP contribution in [0.5, 0.6) is 0 Å². The second-order valence-corrected chi connectivity index (χ2v) is 6.76. The summed E-state index contributed by atoms with van der Waals surface area (Å²) in [6.45, 7) is 10.0. The third-order valence-corrected chi connectivity index (χ3v) is 4.62. The average Bonchev–Trinajstić information content (AvgIpc) is 2.72. The summed E-state index contributed by atoms with van der Waals surface area (Å²) in [6, 6.07) is 4.13.